The molecule has 134 valence electrons. The molecule has 0 aliphatic rings. The fourth-order valence-corrected chi connectivity index (χ4v) is 2.13. The second kappa shape index (κ2) is 11.5. The zero-order valence-electron chi connectivity index (χ0n) is 15.2. The third-order valence-corrected chi connectivity index (χ3v) is 3.23. The number of anilines is 1. The number of carbonyl (C=O) groups is 1. The quantitative estimate of drug-likeness (QED) is 0.368. The first-order valence-electron chi connectivity index (χ1n) is 8.46. The molecule has 6 nitrogen and oxygen atoms in total. The van der Waals surface area contributed by atoms with E-state index in [2.05, 4.69) is 20.9 Å². The normalized spacial score (nSPS) is 11.5. The SMILES string of the molecule is CCOCCNC(=NC)NCc1cccc(NC(=O)CC(C)C)c1. The van der Waals surface area contributed by atoms with Crippen LogP contribution in [-0.2, 0) is 16.1 Å². The Morgan fingerprint density at radius 2 is 2.08 bits per heavy atom. The van der Waals surface area contributed by atoms with Gasteiger partial charge in [-0.2, -0.15) is 0 Å². The fourth-order valence-electron chi connectivity index (χ4n) is 2.13. The van der Waals surface area contributed by atoms with Gasteiger partial charge in [-0.25, -0.2) is 0 Å². The maximum Gasteiger partial charge on any atom is 0.224 e. The van der Waals surface area contributed by atoms with E-state index in [4.69, 9.17) is 4.74 Å². The van der Waals surface area contributed by atoms with Gasteiger partial charge in [0.1, 0.15) is 0 Å². The maximum absolute atomic E-state index is 11.9. The molecule has 0 bridgehead atoms. The molecule has 0 radical (unpaired) electrons. The molecule has 1 aromatic carbocycles. The lowest BCUT2D eigenvalue weighted by molar-refractivity contribution is -0.116. The van der Waals surface area contributed by atoms with E-state index in [0.717, 1.165) is 17.2 Å². The zero-order valence-corrected chi connectivity index (χ0v) is 15.2. The highest BCUT2D eigenvalue weighted by atomic mass is 16.5. The Morgan fingerprint density at radius 3 is 2.75 bits per heavy atom. The van der Waals surface area contributed by atoms with Crippen LogP contribution in [0.25, 0.3) is 0 Å². The summed E-state index contributed by atoms with van der Waals surface area (Å²) < 4.78 is 5.29. The summed E-state index contributed by atoms with van der Waals surface area (Å²) in [6, 6.07) is 7.82. The maximum atomic E-state index is 11.9. The molecule has 0 aliphatic carbocycles. The summed E-state index contributed by atoms with van der Waals surface area (Å²) in [6.07, 6.45) is 0.527. The van der Waals surface area contributed by atoms with Crippen LogP contribution in [0.2, 0.25) is 0 Å². The highest BCUT2D eigenvalue weighted by Crippen LogP contribution is 2.12. The summed E-state index contributed by atoms with van der Waals surface area (Å²) in [4.78, 5) is 16.0. The van der Waals surface area contributed by atoms with Gasteiger partial charge in [-0.05, 0) is 30.5 Å². The average Bonchev–Trinajstić information content (AvgIpc) is 2.53. The molecule has 1 amide bonds. The van der Waals surface area contributed by atoms with Crippen LogP contribution in [0.5, 0.6) is 0 Å². The van der Waals surface area contributed by atoms with Gasteiger partial charge in [0, 0.05) is 38.9 Å². The van der Waals surface area contributed by atoms with E-state index in [9.17, 15) is 4.79 Å². The largest absolute Gasteiger partial charge is 0.380 e. The highest BCUT2D eigenvalue weighted by molar-refractivity contribution is 5.90. The number of benzene rings is 1. The van der Waals surface area contributed by atoms with Crippen molar-refractivity contribution in [3.63, 3.8) is 0 Å². The van der Waals surface area contributed by atoms with Crippen molar-refractivity contribution in [3.8, 4) is 0 Å². The van der Waals surface area contributed by atoms with Gasteiger partial charge in [-0.15, -0.1) is 0 Å². The molecule has 0 spiro atoms. The Labute approximate surface area is 145 Å². The van der Waals surface area contributed by atoms with Gasteiger partial charge < -0.3 is 20.7 Å². The van der Waals surface area contributed by atoms with E-state index in [-0.39, 0.29) is 5.91 Å². The number of hydrogen-bond donors (Lipinski definition) is 3. The van der Waals surface area contributed by atoms with Crippen molar-refractivity contribution in [1.29, 1.82) is 0 Å². The Hall–Kier alpha value is -2.08. The molecule has 0 aromatic heterocycles. The minimum Gasteiger partial charge on any atom is -0.380 e. The standard InChI is InChI=1S/C18H30N4O2/c1-5-24-10-9-20-18(19-4)21-13-15-7-6-8-16(12-15)22-17(23)11-14(2)3/h6-8,12,14H,5,9-11,13H2,1-4H3,(H,22,23)(H2,19,20,21). The number of ether oxygens (including phenoxy) is 1. The summed E-state index contributed by atoms with van der Waals surface area (Å²) >= 11 is 0. The number of carbonyl (C=O) groups excluding carboxylic acids is 1. The second-order valence-electron chi connectivity index (χ2n) is 5.90. The van der Waals surface area contributed by atoms with Crippen LogP contribution in [0.4, 0.5) is 5.69 Å². The minimum atomic E-state index is 0.0449. The van der Waals surface area contributed by atoms with Crippen molar-refractivity contribution in [1.82, 2.24) is 10.6 Å². The third-order valence-electron chi connectivity index (χ3n) is 3.23. The molecule has 1 aromatic rings. The van der Waals surface area contributed by atoms with Gasteiger partial charge in [0.15, 0.2) is 5.96 Å². The first kappa shape index (κ1) is 20.0. The number of rotatable bonds is 9. The van der Waals surface area contributed by atoms with Gasteiger partial charge in [-0.1, -0.05) is 26.0 Å². The number of nitrogens with zero attached hydrogens (tertiary/aromatic N) is 1. The van der Waals surface area contributed by atoms with Crippen molar-refractivity contribution >= 4 is 17.6 Å². The lowest BCUT2D eigenvalue weighted by Crippen LogP contribution is -2.38. The fraction of sp³-hybridized carbons (Fsp3) is 0.556. The molecular formula is C18H30N4O2. The highest BCUT2D eigenvalue weighted by Gasteiger charge is 2.06. The first-order chi connectivity index (χ1) is 11.5. The molecule has 0 atom stereocenters. The van der Waals surface area contributed by atoms with Crippen LogP contribution in [0.1, 0.15) is 32.8 Å². The van der Waals surface area contributed by atoms with Crippen molar-refractivity contribution in [2.24, 2.45) is 10.9 Å². The molecule has 0 saturated carbocycles. The molecule has 1 rings (SSSR count). The van der Waals surface area contributed by atoms with E-state index >= 15 is 0 Å². The van der Waals surface area contributed by atoms with E-state index < -0.39 is 0 Å². The molecule has 0 saturated heterocycles. The van der Waals surface area contributed by atoms with Crippen molar-refractivity contribution in [3.05, 3.63) is 29.8 Å². The molecule has 0 aliphatic heterocycles. The molecule has 0 fully saturated rings. The smallest absolute Gasteiger partial charge is 0.224 e. The summed E-state index contributed by atoms with van der Waals surface area (Å²) in [5, 5.41) is 9.37. The Balaban J connectivity index is 2.47. The van der Waals surface area contributed by atoms with Crippen LogP contribution in [-0.4, -0.2) is 38.7 Å². The molecule has 24 heavy (non-hydrogen) atoms. The number of guanidine groups is 1. The van der Waals surface area contributed by atoms with Gasteiger partial charge in [0.2, 0.25) is 5.91 Å². The van der Waals surface area contributed by atoms with Gasteiger partial charge in [0.05, 0.1) is 6.61 Å². The summed E-state index contributed by atoms with van der Waals surface area (Å²) in [6.45, 7) is 8.73. The van der Waals surface area contributed by atoms with E-state index in [1.807, 2.05) is 45.0 Å². The lowest BCUT2D eigenvalue weighted by Gasteiger charge is -2.13. The molecule has 3 N–H and O–H groups in total. The predicted octanol–water partition coefficient (Wildman–Crippen LogP) is 2.37. The van der Waals surface area contributed by atoms with E-state index in [0.29, 0.717) is 38.6 Å². The van der Waals surface area contributed by atoms with Crippen molar-refractivity contribution in [2.45, 2.75) is 33.7 Å². The first-order valence-corrected chi connectivity index (χ1v) is 8.46. The molecule has 0 heterocycles. The number of aliphatic imine (C=N–C) groups is 1. The predicted molar refractivity (Wildman–Crippen MR) is 99.2 cm³/mol. The topological polar surface area (TPSA) is 74.8 Å². The van der Waals surface area contributed by atoms with Crippen LogP contribution >= 0.6 is 0 Å². The lowest BCUT2D eigenvalue weighted by atomic mass is 10.1. The summed E-state index contributed by atoms with van der Waals surface area (Å²) in [5.74, 6) is 1.12. The van der Waals surface area contributed by atoms with E-state index in [1.165, 1.54) is 0 Å². The van der Waals surface area contributed by atoms with Crippen LogP contribution in [0.3, 0.4) is 0 Å². The van der Waals surface area contributed by atoms with Crippen molar-refractivity contribution in [2.75, 3.05) is 32.1 Å². The monoisotopic (exact) mass is 334 g/mol. The van der Waals surface area contributed by atoms with Gasteiger partial charge >= 0.3 is 0 Å². The average molecular weight is 334 g/mol. The Bertz CT molecular complexity index is 530. The molecule has 0 unspecified atom stereocenters. The zero-order chi connectivity index (χ0) is 17.8. The number of nitrogens with one attached hydrogen (secondary N) is 3. The van der Waals surface area contributed by atoms with Crippen LogP contribution in [0, 0.1) is 5.92 Å². The Kier molecular flexibility index (Phi) is 9.53. The molecule has 6 heteroatoms. The van der Waals surface area contributed by atoms with E-state index in [1.54, 1.807) is 7.05 Å². The third kappa shape index (κ3) is 8.53. The molecular weight excluding hydrogens is 304 g/mol. The Morgan fingerprint density at radius 1 is 1.29 bits per heavy atom. The van der Waals surface area contributed by atoms with Crippen LogP contribution in [0.15, 0.2) is 29.3 Å². The summed E-state index contributed by atoms with van der Waals surface area (Å²) in [5.41, 5.74) is 1.89. The second-order valence-corrected chi connectivity index (χ2v) is 5.90. The van der Waals surface area contributed by atoms with Gasteiger partial charge in [-0.3, -0.25) is 9.79 Å². The van der Waals surface area contributed by atoms with Crippen molar-refractivity contribution < 1.29 is 9.53 Å². The van der Waals surface area contributed by atoms with Crippen LogP contribution < -0.4 is 16.0 Å². The minimum absolute atomic E-state index is 0.0449. The summed E-state index contributed by atoms with van der Waals surface area (Å²) in [7, 11) is 1.73. The number of hydrogen-bond acceptors (Lipinski definition) is 3. The number of amides is 1. The van der Waals surface area contributed by atoms with Gasteiger partial charge in [0.25, 0.3) is 0 Å².